The first kappa shape index (κ1) is 12.9. The van der Waals surface area contributed by atoms with Gasteiger partial charge in [0.15, 0.2) is 0 Å². The van der Waals surface area contributed by atoms with Crippen LogP contribution in [0.4, 0.5) is 0 Å². The average Bonchev–Trinajstić information content (AvgIpc) is 3.08. The minimum Gasteiger partial charge on any atom is -0.409 e. The molecule has 3 N–H and O–H groups in total. The van der Waals surface area contributed by atoms with Crippen molar-refractivity contribution in [3.05, 3.63) is 20.8 Å². The van der Waals surface area contributed by atoms with Crippen LogP contribution in [0.1, 0.15) is 24.1 Å². The third-order valence-electron chi connectivity index (χ3n) is 2.83. The van der Waals surface area contributed by atoms with Gasteiger partial charge >= 0.3 is 0 Å². The average molecular weight is 318 g/mol. The van der Waals surface area contributed by atoms with Gasteiger partial charge in [0.1, 0.15) is 5.84 Å². The number of nitrogens with two attached hydrogens (primary N) is 1. The van der Waals surface area contributed by atoms with E-state index in [2.05, 4.69) is 37.4 Å². The Hall–Kier alpha value is -0.590. The van der Waals surface area contributed by atoms with E-state index < -0.39 is 0 Å². The Balaban J connectivity index is 1.89. The van der Waals surface area contributed by atoms with Crippen molar-refractivity contribution in [2.75, 3.05) is 6.54 Å². The predicted octanol–water partition coefficient (Wildman–Crippen LogP) is 2.61. The number of halogens is 1. The van der Waals surface area contributed by atoms with E-state index in [1.165, 1.54) is 17.7 Å². The molecular formula is C11H16BrN3OS. The van der Waals surface area contributed by atoms with Crippen molar-refractivity contribution in [1.82, 2.24) is 4.90 Å². The Kier molecular flexibility index (Phi) is 4.42. The highest BCUT2D eigenvalue weighted by molar-refractivity contribution is 9.10. The molecule has 0 bridgehead atoms. The van der Waals surface area contributed by atoms with Crippen molar-refractivity contribution in [3.63, 3.8) is 0 Å². The molecule has 1 fully saturated rings. The first-order valence-corrected chi connectivity index (χ1v) is 7.29. The Morgan fingerprint density at radius 2 is 2.41 bits per heavy atom. The van der Waals surface area contributed by atoms with Crippen LogP contribution in [0.5, 0.6) is 0 Å². The minimum atomic E-state index is 0.308. The second-order valence-electron chi connectivity index (χ2n) is 4.27. The molecule has 1 heterocycles. The molecule has 0 saturated heterocycles. The molecule has 1 aliphatic rings. The van der Waals surface area contributed by atoms with Crippen LogP contribution >= 0.6 is 27.3 Å². The van der Waals surface area contributed by atoms with Crippen molar-refractivity contribution in [2.24, 2.45) is 10.9 Å². The highest BCUT2D eigenvalue weighted by Crippen LogP contribution is 2.30. The SMILES string of the molecule is NC(CCN(Cc1cc(Br)cs1)C1CC1)=NO. The fourth-order valence-corrected chi connectivity index (χ4v) is 3.25. The summed E-state index contributed by atoms with van der Waals surface area (Å²) in [6, 6.07) is 2.84. The van der Waals surface area contributed by atoms with Crippen LogP contribution in [-0.4, -0.2) is 28.5 Å². The van der Waals surface area contributed by atoms with Gasteiger partial charge in [0, 0.05) is 40.3 Å². The number of hydrogen-bond donors (Lipinski definition) is 2. The predicted molar refractivity (Wildman–Crippen MR) is 73.5 cm³/mol. The minimum absolute atomic E-state index is 0.308. The van der Waals surface area contributed by atoms with E-state index in [1.807, 2.05) is 0 Å². The molecule has 1 aromatic rings. The van der Waals surface area contributed by atoms with Gasteiger partial charge in [0.25, 0.3) is 0 Å². The summed E-state index contributed by atoms with van der Waals surface area (Å²) < 4.78 is 1.14. The van der Waals surface area contributed by atoms with Crippen LogP contribution < -0.4 is 5.73 Å². The number of nitrogens with zero attached hydrogens (tertiary/aromatic N) is 2. The first-order chi connectivity index (χ1) is 8.19. The summed E-state index contributed by atoms with van der Waals surface area (Å²) in [5, 5.41) is 13.7. The second kappa shape index (κ2) is 5.84. The van der Waals surface area contributed by atoms with Gasteiger partial charge in [-0.3, -0.25) is 4.90 Å². The molecular weight excluding hydrogens is 302 g/mol. The Bertz CT molecular complexity index is 403. The molecule has 0 unspecified atom stereocenters. The number of amidine groups is 1. The van der Waals surface area contributed by atoms with Gasteiger partial charge in [-0.2, -0.15) is 0 Å². The quantitative estimate of drug-likeness (QED) is 0.367. The molecule has 0 radical (unpaired) electrons. The molecule has 2 rings (SSSR count). The van der Waals surface area contributed by atoms with E-state index in [9.17, 15) is 0 Å². The molecule has 4 nitrogen and oxygen atoms in total. The summed E-state index contributed by atoms with van der Waals surface area (Å²) in [6.07, 6.45) is 3.16. The molecule has 1 saturated carbocycles. The Morgan fingerprint density at radius 3 is 2.94 bits per heavy atom. The number of hydrogen-bond acceptors (Lipinski definition) is 4. The molecule has 0 aromatic carbocycles. The monoisotopic (exact) mass is 317 g/mol. The van der Waals surface area contributed by atoms with E-state index >= 15 is 0 Å². The van der Waals surface area contributed by atoms with Crippen LogP contribution in [-0.2, 0) is 6.54 Å². The topological polar surface area (TPSA) is 61.8 Å². The van der Waals surface area contributed by atoms with Crippen LogP contribution in [0, 0.1) is 0 Å². The molecule has 0 amide bonds. The van der Waals surface area contributed by atoms with Gasteiger partial charge < -0.3 is 10.9 Å². The van der Waals surface area contributed by atoms with Crippen molar-refractivity contribution in [2.45, 2.75) is 31.8 Å². The lowest BCUT2D eigenvalue weighted by Gasteiger charge is -2.20. The van der Waals surface area contributed by atoms with Crippen molar-refractivity contribution < 1.29 is 5.21 Å². The van der Waals surface area contributed by atoms with E-state index in [0.29, 0.717) is 18.3 Å². The summed E-state index contributed by atoms with van der Waals surface area (Å²) in [5.74, 6) is 0.308. The summed E-state index contributed by atoms with van der Waals surface area (Å²) in [5.41, 5.74) is 5.51. The zero-order chi connectivity index (χ0) is 12.3. The summed E-state index contributed by atoms with van der Waals surface area (Å²) >= 11 is 5.23. The summed E-state index contributed by atoms with van der Waals surface area (Å²) in [6.45, 7) is 1.82. The lowest BCUT2D eigenvalue weighted by atomic mass is 10.3. The molecule has 17 heavy (non-hydrogen) atoms. The van der Waals surface area contributed by atoms with Gasteiger partial charge in [-0.05, 0) is 34.8 Å². The third-order valence-corrected chi connectivity index (χ3v) is 4.51. The third kappa shape index (κ3) is 3.97. The molecule has 0 spiro atoms. The van der Waals surface area contributed by atoms with Gasteiger partial charge in [-0.15, -0.1) is 11.3 Å². The van der Waals surface area contributed by atoms with Gasteiger partial charge in [-0.25, -0.2) is 0 Å². The summed E-state index contributed by atoms with van der Waals surface area (Å²) in [4.78, 5) is 3.76. The molecule has 94 valence electrons. The van der Waals surface area contributed by atoms with Crippen LogP contribution in [0.15, 0.2) is 21.1 Å². The van der Waals surface area contributed by atoms with Gasteiger partial charge in [0.05, 0.1) is 0 Å². The van der Waals surface area contributed by atoms with Gasteiger partial charge in [0.2, 0.25) is 0 Å². The van der Waals surface area contributed by atoms with Crippen molar-refractivity contribution >= 4 is 33.1 Å². The second-order valence-corrected chi connectivity index (χ2v) is 6.19. The van der Waals surface area contributed by atoms with Crippen LogP contribution in [0.3, 0.4) is 0 Å². The molecule has 1 aliphatic carbocycles. The van der Waals surface area contributed by atoms with Crippen LogP contribution in [0.2, 0.25) is 0 Å². The number of thiophene rings is 1. The van der Waals surface area contributed by atoms with E-state index in [4.69, 9.17) is 10.9 Å². The van der Waals surface area contributed by atoms with E-state index in [1.54, 1.807) is 11.3 Å². The smallest absolute Gasteiger partial charge is 0.140 e. The zero-order valence-corrected chi connectivity index (χ0v) is 11.9. The first-order valence-electron chi connectivity index (χ1n) is 5.62. The van der Waals surface area contributed by atoms with Crippen molar-refractivity contribution in [1.29, 1.82) is 0 Å². The lowest BCUT2D eigenvalue weighted by Crippen LogP contribution is -2.29. The standard InChI is InChI=1S/C11H16BrN3OS/c12-8-5-10(17-7-8)6-15(9-1-2-9)4-3-11(13)14-16/h5,7,9,16H,1-4,6H2,(H2,13,14). The zero-order valence-electron chi connectivity index (χ0n) is 9.47. The van der Waals surface area contributed by atoms with E-state index in [-0.39, 0.29) is 0 Å². The largest absolute Gasteiger partial charge is 0.409 e. The number of rotatable bonds is 6. The molecule has 0 aliphatic heterocycles. The number of oxime groups is 1. The Morgan fingerprint density at radius 1 is 1.65 bits per heavy atom. The van der Waals surface area contributed by atoms with Crippen molar-refractivity contribution in [3.8, 4) is 0 Å². The normalized spacial score (nSPS) is 16.7. The molecule has 6 heteroatoms. The van der Waals surface area contributed by atoms with Crippen LogP contribution in [0.25, 0.3) is 0 Å². The fraction of sp³-hybridized carbons (Fsp3) is 0.545. The maximum atomic E-state index is 8.54. The maximum absolute atomic E-state index is 8.54. The summed E-state index contributed by atoms with van der Waals surface area (Å²) in [7, 11) is 0. The highest BCUT2D eigenvalue weighted by Gasteiger charge is 2.28. The van der Waals surface area contributed by atoms with E-state index in [0.717, 1.165) is 17.6 Å². The lowest BCUT2D eigenvalue weighted by molar-refractivity contribution is 0.261. The fourth-order valence-electron chi connectivity index (χ4n) is 1.78. The Labute approximate surface area is 113 Å². The molecule has 1 aromatic heterocycles. The highest BCUT2D eigenvalue weighted by atomic mass is 79.9. The molecule has 0 atom stereocenters. The van der Waals surface area contributed by atoms with Gasteiger partial charge in [-0.1, -0.05) is 5.16 Å². The maximum Gasteiger partial charge on any atom is 0.140 e.